The molecule has 1 aliphatic heterocycles. The van der Waals surface area contributed by atoms with E-state index in [-0.39, 0.29) is 0 Å². The lowest BCUT2D eigenvalue weighted by Gasteiger charge is -1.98. The molecular weight excluding hydrogens is 210 g/mol. The standard InChI is InChI=1S/C11H9NO2S/c1-7-5-15-11(12-7)8-2-3-9-10(4-8)14-6-13-9/h2-5H,6H2,1H3. The molecule has 0 amide bonds. The Bertz CT molecular complexity index is 507. The molecule has 2 aromatic rings. The Morgan fingerprint density at radius 3 is 2.93 bits per heavy atom. The zero-order valence-electron chi connectivity index (χ0n) is 8.19. The molecule has 0 saturated heterocycles. The number of aromatic nitrogens is 1. The molecule has 0 unspecified atom stereocenters. The van der Waals surface area contributed by atoms with Crippen LogP contribution in [-0.2, 0) is 0 Å². The van der Waals surface area contributed by atoms with Crippen molar-refractivity contribution in [3.63, 3.8) is 0 Å². The van der Waals surface area contributed by atoms with Crippen LogP contribution in [0.1, 0.15) is 5.69 Å². The molecule has 0 atom stereocenters. The van der Waals surface area contributed by atoms with Crippen molar-refractivity contribution in [3.05, 3.63) is 29.3 Å². The summed E-state index contributed by atoms with van der Waals surface area (Å²) in [6.45, 7) is 2.31. The number of benzene rings is 1. The fourth-order valence-corrected chi connectivity index (χ4v) is 2.31. The van der Waals surface area contributed by atoms with E-state index < -0.39 is 0 Å². The molecule has 76 valence electrons. The summed E-state index contributed by atoms with van der Waals surface area (Å²) in [5, 5.41) is 3.06. The van der Waals surface area contributed by atoms with E-state index in [4.69, 9.17) is 9.47 Å². The lowest BCUT2D eigenvalue weighted by Crippen LogP contribution is -1.92. The van der Waals surface area contributed by atoms with Crippen LogP contribution in [0.15, 0.2) is 23.6 Å². The second-order valence-corrected chi connectivity index (χ2v) is 4.22. The highest BCUT2D eigenvalue weighted by atomic mass is 32.1. The molecule has 0 bridgehead atoms. The number of fused-ring (bicyclic) bond motifs is 1. The summed E-state index contributed by atoms with van der Waals surface area (Å²) in [5.74, 6) is 1.62. The Morgan fingerprint density at radius 1 is 1.27 bits per heavy atom. The summed E-state index contributed by atoms with van der Waals surface area (Å²) in [5.41, 5.74) is 2.13. The van der Waals surface area contributed by atoms with Gasteiger partial charge in [-0.3, -0.25) is 0 Å². The molecule has 1 aromatic carbocycles. The summed E-state index contributed by atoms with van der Waals surface area (Å²) >= 11 is 1.64. The van der Waals surface area contributed by atoms with Crippen LogP contribution in [0.2, 0.25) is 0 Å². The summed E-state index contributed by atoms with van der Waals surface area (Å²) in [7, 11) is 0. The van der Waals surface area contributed by atoms with E-state index >= 15 is 0 Å². The third-order valence-corrected chi connectivity index (χ3v) is 3.25. The molecule has 0 radical (unpaired) electrons. The van der Waals surface area contributed by atoms with Crippen molar-refractivity contribution in [2.24, 2.45) is 0 Å². The number of ether oxygens (including phenoxy) is 2. The van der Waals surface area contributed by atoms with Gasteiger partial charge in [-0.05, 0) is 25.1 Å². The third kappa shape index (κ3) is 1.47. The smallest absolute Gasteiger partial charge is 0.231 e. The van der Waals surface area contributed by atoms with E-state index in [1.165, 1.54) is 0 Å². The third-order valence-electron chi connectivity index (χ3n) is 2.24. The zero-order valence-corrected chi connectivity index (χ0v) is 9.00. The predicted octanol–water partition coefficient (Wildman–Crippen LogP) is 2.85. The van der Waals surface area contributed by atoms with Gasteiger partial charge >= 0.3 is 0 Å². The van der Waals surface area contributed by atoms with Crippen molar-refractivity contribution < 1.29 is 9.47 Å². The van der Waals surface area contributed by atoms with E-state index in [0.717, 1.165) is 27.8 Å². The van der Waals surface area contributed by atoms with Gasteiger partial charge in [-0.2, -0.15) is 0 Å². The molecule has 4 heteroatoms. The molecular formula is C11H9NO2S. The Hall–Kier alpha value is -1.55. The molecule has 1 aliphatic rings. The van der Waals surface area contributed by atoms with Gasteiger partial charge in [-0.1, -0.05) is 0 Å². The average Bonchev–Trinajstić information content (AvgIpc) is 2.84. The Balaban J connectivity index is 2.06. The Kier molecular flexibility index (Phi) is 1.89. The van der Waals surface area contributed by atoms with Crippen LogP contribution >= 0.6 is 11.3 Å². The quantitative estimate of drug-likeness (QED) is 0.739. The molecule has 0 saturated carbocycles. The van der Waals surface area contributed by atoms with Gasteiger partial charge in [0, 0.05) is 16.6 Å². The van der Waals surface area contributed by atoms with Gasteiger partial charge in [0.2, 0.25) is 6.79 Å². The van der Waals surface area contributed by atoms with Crippen molar-refractivity contribution in [1.82, 2.24) is 4.98 Å². The summed E-state index contributed by atoms with van der Waals surface area (Å²) in [6.07, 6.45) is 0. The molecule has 0 N–H and O–H groups in total. The highest BCUT2D eigenvalue weighted by Crippen LogP contribution is 2.36. The fraction of sp³-hybridized carbons (Fsp3) is 0.182. The van der Waals surface area contributed by atoms with Crippen LogP contribution < -0.4 is 9.47 Å². The van der Waals surface area contributed by atoms with Gasteiger partial charge in [0.1, 0.15) is 5.01 Å². The summed E-state index contributed by atoms with van der Waals surface area (Å²) in [6, 6.07) is 5.90. The van der Waals surface area contributed by atoms with Crippen LogP contribution in [0, 0.1) is 6.92 Å². The maximum absolute atomic E-state index is 5.32. The van der Waals surface area contributed by atoms with Gasteiger partial charge in [0.05, 0.1) is 0 Å². The van der Waals surface area contributed by atoms with Gasteiger partial charge in [0.25, 0.3) is 0 Å². The number of nitrogens with zero attached hydrogens (tertiary/aromatic N) is 1. The monoisotopic (exact) mass is 219 g/mol. The zero-order chi connectivity index (χ0) is 10.3. The maximum atomic E-state index is 5.32. The van der Waals surface area contributed by atoms with Crippen molar-refractivity contribution in [1.29, 1.82) is 0 Å². The van der Waals surface area contributed by atoms with E-state index in [9.17, 15) is 0 Å². The van der Waals surface area contributed by atoms with E-state index in [2.05, 4.69) is 4.98 Å². The Morgan fingerprint density at radius 2 is 2.13 bits per heavy atom. The molecule has 3 rings (SSSR count). The van der Waals surface area contributed by atoms with Crippen molar-refractivity contribution >= 4 is 11.3 Å². The first kappa shape index (κ1) is 8.73. The lowest BCUT2D eigenvalue weighted by molar-refractivity contribution is 0.174. The van der Waals surface area contributed by atoms with Crippen LogP contribution in [0.5, 0.6) is 11.5 Å². The number of thiazole rings is 1. The van der Waals surface area contributed by atoms with Crippen molar-refractivity contribution in [2.45, 2.75) is 6.92 Å². The molecule has 15 heavy (non-hydrogen) atoms. The largest absolute Gasteiger partial charge is 0.454 e. The summed E-state index contributed by atoms with van der Waals surface area (Å²) in [4.78, 5) is 4.43. The predicted molar refractivity (Wildman–Crippen MR) is 58.4 cm³/mol. The average molecular weight is 219 g/mol. The summed E-state index contributed by atoms with van der Waals surface area (Å²) < 4.78 is 10.6. The van der Waals surface area contributed by atoms with E-state index in [0.29, 0.717) is 6.79 Å². The van der Waals surface area contributed by atoms with Crippen molar-refractivity contribution in [3.8, 4) is 22.1 Å². The molecule has 1 aromatic heterocycles. The molecule has 0 spiro atoms. The minimum atomic E-state index is 0.315. The lowest BCUT2D eigenvalue weighted by atomic mass is 10.2. The van der Waals surface area contributed by atoms with Crippen LogP contribution in [0.3, 0.4) is 0 Å². The van der Waals surface area contributed by atoms with Gasteiger partial charge in [0.15, 0.2) is 11.5 Å². The molecule has 0 aliphatic carbocycles. The normalized spacial score (nSPS) is 13.1. The fourth-order valence-electron chi connectivity index (χ4n) is 1.52. The first-order chi connectivity index (χ1) is 7.33. The SMILES string of the molecule is Cc1csc(-c2ccc3c(c2)OCO3)n1. The second-order valence-electron chi connectivity index (χ2n) is 3.36. The number of hydrogen-bond acceptors (Lipinski definition) is 4. The minimum Gasteiger partial charge on any atom is -0.454 e. The molecule has 0 fully saturated rings. The molecule has 2 heterocycles. The topological polar surface area (TPSA) is 31.4 Å². The van der Waals surface area contributed by atoms with Gasteiger partial charge in [-0.15, -0.1) is 11.3 Å². The van der Waals surface area contributed by atoms with E-state index in [1.807, 2.05) is 30.5 Å². The van der Waals surface area contributed by atoms with Crippen LogP contribution in [-0.4, -0.2) is 11.8 Å². The first-order valence-corrected chi connectivity index (χ1v) is 5.53. The van der Waals surface area contributed by atoms with E-state index in [1.54, 1.807) is 11.3 Å². The van der Waals surface area contributed by atoms with Gasteiger partial charge in [-0.25, -0.2) is 4.98 Å². The van der Waals surface area contributed by atoms with Crippen molar-refractivity contribution in [2.75, 3.05) is 6.79 Å². The number of rotatable bonds is 1. The second kappa shape index (κ2) is 3.24. The number of hydrogen-bond donors (Lipinski definition) is 0. The Labute approximate surface area is 91.3 Å². The maximum Gasteiger partial charge on any atom is 0.231 e. The molecule has 3 nitrogen and oxygen atoms in total. The number of aryl methyl sites for hydroxylation is 1. The van der Waals surface area contributed by atoms with Crippen LogP contribution in [0.4, 0.5) is 0 Å². The first-order valence-electron chi connectivity index (χ1n) is 4.65. The van der Waals surface area contributed by atoms with Gasteiger partial charge < -0.3 is 9.47 Å². The minimum absolute atomic E-state index is 0.315. The van der Waals surface area contributed by atoms with Crippen LogP contribution in [0.25, 0.3) is 10.6 Å². The highest BCUT2D eigenvalue weighted by Gasteiger charge is 2.14. The highest BCUT2D eigenvalue weighted by molar-refractivity contribution is 7.13.